The second-order valence-corrected chi connectivity index (χ2v) is 5.48. The molecule has 1 heterocycles. The molecule has 13 heteroatoms. The summed E-state index contributed by atoms with van der Waals surface area (Å²) in [7, 11) is -8.52. The van der Waals surface area contributed by atoms with Crippen LogP contribution in [0.25, 0.3) is 0 Å². The number of nitrogens with zero attached hydrogens (tertiary/aromatic N) is 2. The maximum Gasteiger partial charge on any atom is 0.485 e. The van der Waals surface area contributed by atoms with Crippen molar-refractivity contribution in [2.45, 2.75) is 5.51 Å². The summed E-state index contributed by atoms with van der Waals surface area (Å²) in [6.07, 6.45) is 4.00. The van der Waals surface area contributed by atoms with Gasteiger partial charge < -0.3 is 4.55 Å². The van der Waals surface area contributed by atoms with E-state index >= 15 is 0 Å². The van der Waals surface area contributed by atoms with Crippen molar-refractivity contribution < 1.29 is 43.7 Å². The van der Waals surface area contributed by atoms with Crippen LogP contribution in [-0.4, -0.2) is 35.4 Å². The molecule has 0 atom stereocenters. The summed E-state index contributed by atoms with van der Waals surface area (Å²) in [5, 5.41) is 0. The Morgan fingerprint density at radius 1 is 1.28 bits per heavy atom. The molecule has 8 nitrogen and oxygen atoms in total. The third-order valence-corrected chi connectivity index (χ3v) is 2.61. The van der Waals surface area contributed by atoms with Gasteiger partial charge in [0.15, 0.2) is 10.1 Å². The van der Waals surface area contributed by atoms with Gasteiger partial charge in [0.05, 0.1) is 7.05 Å². The summed E-state index contributed by atoms with van der Waals surface area (Å²) >= 11 is 0. The molecule has 0 spiro atoms. The van der Waals surface area contributed by atoms with Gasteiger partial charge in [0, 0.05) is 0 Å². The lowest BCUT2D eigenvalue weighted by molar-refractivity contribution is -0.670. The van der Waals surface area contributed by atoms with Gasteiger partial charge in [0.1, 0.15) is 12.4 Å². The molecule has 0 saturated carbocycles. The second-order valence-electron chi connectivity index (χ2n) is 2.79. The van der Waals surface area contributed by atoms with Gasteiger partial charge in [-0.25, -0.2) is 13.0 Å². The smallest absolute Gasteiger partial charge is 0.485 e. The van der Waals surface area contributed by atoms with Gasteiger partial charge in [0.2, 0.25) is 0 Å². The van der Waals surface area contributed by atoms with Crippen LogP contribution < -0.4 is 4.57 Å². The molecular weight excluding hydrogens is 305 g/mol. The normalized spacial score (nSPS) is 12.8. The molecule has 0 amide bonds. The monoisotopic (exact) mass is 312 g/mol. The lowest BCUT2D eigenvalue weighted by Crippen LogP contribution is -2.24. The van der Waals surface area contributed by atoms with Gasteiger partial charge in [-0.1, -0.05) is 0 Å². The van der Waals surface area contributed by atoms with Crippen molar-refractivity contribution in [2.24, 2.45) is 7.05 Å². The van der Waals surface area contributed by atoms with Crippen molar-refractivity contribution in [2.75, 3.05) is 0 Å². The Balaban J connectivity index is 0.000000331. The van der Waals surface area contributed by atoms with E-state index in [1.807, 2.05) is 0 Å². The first-order valence-corrected chi connectivity index (χ1v) is 6.59. The van der Waals surface area contributed by atoms with Gasteiger partial charge in [-0.15, -0.1) is 3.97 Å². The maximum atomic E-state index is 10.7. The number of aromatic nitrogens is 2. The van der Waals surface area contributed by atoms with E-state index in [1.165, 1.54) is 23.3 Å². The van der Waals surface area contributed by atoms with E-state index in [9.17, 15) is 21.6 Å². The molecule has 1 aromatic heterocycles. The lowest BCUT2D eigenvalue weighted by Gasteiger charge is -2.08. The molecule has 0 aliphatic heterocycles. The van der Waals surface area contributed by atoms with Crippen molar-refractivity contribution in [1.82, 2.24) is 3.97 Å². The minimum atomic E-state index is -6.09. The number of aryl methyl sites for hydroxylation is 1. The van der Waals surface area contributed by atoms with Crippen molar-refractivity contribution in [3.63, 3.8) is 0 Å². The van der Waals surface area contributed by atoms with E-state index in [0.29, 0.717) is 3.97 Å². The Kier molecular flexibility index (Phi) is 4.87. The van der Waals surface area contributed by atoms with Crippen LogP contribution in [-0.2, 0) is 27.5 Å². The number of halogens is 3. The maximum absolute atomic E-state index is 10.7. The molecule has 1 N–H and O–H groups in total. The van der Waals surface area contributed by atoms with Crippen LogP contribution in [0.4, 0.5) is 13.2 Å². The summed E-state index contributed by atoms with van der Waals surface area (Å²) < 4.78 is 90.3. The number of rotatable bonds is 1. The number of hydrogen-bond donors (Lipinski definition) is 1. The van der Waals surface area contributed by atoms with Crippen LogP contribution in [0.3, 0.4) is 0 Å². The van der Waals surface area contributed by atoms with Crippen LogP contribution in [0.2, 0.25) is 0 Å². The minimum Gasteiger partial charge on any atom is -0.741 e. The first-order valence-electron chi connectivity index (χ1n) is 3.78. The predicted molar refractivity (Wildman–Crippen MR) is 48.3 cm³/mol. The van der Waals surface area contributed by atoms with E-state index in [-0.39, 0.29) is 0 Å². The average molecular weight is 312 g/mol. The molecule has 1 aromatic rings. The standard InChI is InChI=1S/C4H6N2O3S.CHF3O3S/c1-5-2-3-6(4-5)10(7,8)9;2-1(3,4)8(5,6)7/h2-4H,1H3;(H,5,6,7). The zero-order valence-corrected chi connectivity index (χ0v) is 10.2. The second kappa shape index (κ2) is 5.21. The van der Waals surface area contributed by atoms with Crippen LogP contribution in [0.5, 0.6) is 0 Å². The summed E-state index contributed by atoms with van der Waals surface area (Å²) in [5.41, 5.74) is -5.65. The van der Waals surface area contributed by atoms with E-state index in [1.54, 1.807) is 7.05 Å². The van der Waals surface area contributed by atoms with E-state index in [0.717, 1.165) is 0 Å². The molecule has 106 valence electrons. The zero-order valence-electron chi connectivity index (χ0n) is 8.57. The lowest BCUT2D eigenvalue weighted by atomic mass is 10.9. The fourth-order valence-electron chi connectivity index (χ4n) is 0.564. The molecule has 0 aromatic carbocycles. The zero-order chi connectivity index (χ0) is 14.8. The Bertz CT molecular complexity index is 601. The highest BCUT2D eigenvalue weighted by molar-refractivity contribution is 7.86. The fraction of sp³-hybridized carbons (Fsp3) is 0.400. The Labute approximate surface area is 99.9 Å². The molecule has 0 saturated heterocycles. The molecule has 0 bridgehead atoms. The molecule has 0 radical (unpaired) electrons. The van der Waals surface area contributed by atoms with Crippen molar-refractivity contribution in [1.29, 1.82) is 0 Å². The summed E-state index contributed by atoms with van der Waals surface area (Å²) in [5.74, 6) is 0. The van der Waals surface area contributed by atoms with Gasteiger partial charge in [-0.3, -0.25) is 4.55 Å². The Hall–Kier alpha value is -1.18. The number of hydrogen-bond acceptors (Lipinski definition) is 5. The van der Waals surface area contributed by atoms with Crippen molar-refractivity contribution >= 4 is 20.4 Å². The minimum absolute atomic E-state index is 0.715. The van der Waals surface area contributed by atoms with Crippen LogP contribution in [0.15, 0.2) is 18.7 Å². The first kappa shape index (κ1) is 16.8. The van der Waals surface area contributed by atoms with E-state index < -0.39 is 25.9 Å². The van der Waals surface area contributed by atoms with Gasteiger partial charge in [0.25, 0.3) is 6.33 Å². The highest BCUT2D eigenvalue weighted by atomic mass is 32.2. The van der Waals surface area contributed by atoms with E-state index in [2.05, 4.69) is 0 Å². The third-order valence-electron chi connectivity index (χ3n) is 1.29. The number of alkyl halides is 3. The van der Waals surface area contributed by atoms with Crippen molar-refractivity contribution in [3.05, 3.63) is 18.7 Å². The Morgan fingerprint density at radius 3 is 1.78 bits per heavy atom. The SMILES string of the molecule is C[n+]1ccn(S(=O)(=O)O)c1.O=S(=O)([O-])C(F)(F)F. The average Bonchev–Trinajstić information content (AvgIpc) is 2.47. The molecular formula is C5H7F3N2O6S2. The van der Waals surface area contributed by atoms with E-state index in [4.69, 9.17) is 17.5 Å². The number of imidazole rings is 1. The summed E-state index contributed by atoms with van der Waals surface area (Å²) in [6, 6.07) is 0. The quantitative estimate of drug-likeness (QED) is 0.404. The molecule has 0 aliphatic carbocycles. The first-order chi connectivity index (χ1) is 7.75. The third kappa shape index (κ3) is 5.44. The molecule has 0 unspecified atom stereocenters. The fourth-order valence-corrected chi connectivity index (χ4v) is 1.04. The molecule has 18 heavy (non-hydrogen) atoms. The Morgan fingerprint density at radius 2 is 1.67 bits per heavy atom. The summed E-state index contributed by atoms with van der Waals surface area (Å²) in [6.45, 7) is 0. The molecule has 0 fully saturated rings. The molecule has 1 rings (SSSR count). The van der Waals surface area contributed by atoms with Gasteiger partial charge in [-0.2, -0.15) is 21.6 Å². The van der Waals surface area contributed by atoms with Gasteiger partial charge in [-0.05, 0) is 0 Å². The highest BCUT2D eigenvalue weighted by Gasteiger charge is 2.36. The van der Waals surface area contributed by atoms with Crippen molar-refractivity contribution in [3.8, 4) is 0 Å². The summed E-state index contributed by atoms with van der Waals surface area (Å²) in [4.78, 5) is 0. The largest absolute Gasteiger partial charge is 0.741 e. The van der Waals surface area contributed by atoms with Crippen LogP contribution in [0.1, 0.15) is 0 Å². The van der Waals surface area contributed by atoms with Gasteiger partial charge >= 0.3 is 15.8 Å². The van der Waals surface area contributed by atoms with Crippen LogP contribution in [0, 0.1) is 0 Å². The molecule has 0 aliphatic rings. The predicted octanol–water partition coefficient (Wildman–Crippen LogP) is -0.985. The van der Waals surface area contributed by atoms with Crippen LogP contribution >= 0.6 is 0 Å². The topological polar surface area (TPSA) is 120 Å². The highest BCUT2D eigenvalue weighted by Crippen LogP contribution is 2.20.